The molecule has 3 rings (SSSR count). The maximum absolute atomic E-state index is 12.5. The fourth-order valence-electron chi connectivity index (χ4n) is 2.92. The molecule has 37 heavy (non-hydrogen) atoms. The van der Waals surface area contributed by atoms with Crippen molar-refractivity contribution in [1.29, 1.82) is 0 Å². The summed E-state index contributed by atoms with van der Waals surface area (Å²) in [5.74, 6) is 0.378. The molecule has 0 saturated heterocycles. The number of esters is 1. The number of nitro groups is 1. The summed E-state index contributed by atoms with van der Waals surface area (Å²) in [6.45, 7) is 1.81. The average Bonchev–Trinajstić information content (AvgIpc) is 2.89. The zero-order valence-electron chi connectivity index (χ0n) is 19.8. The molecule has 0 heterocycles. The van der Waals surface area contributed by atoms with Crippen molar-refractivity contribution < 1.29 is 33.5 Å². The van der Waals surface area contributed by atoms with Crippen LogP contribution >= 0.6 is 15.9 Å². The number of nitrogens with zero attached hydrogens (tertiary/aromatic N) is 2. The minimum Gasteiger partial charge on any atom is -0.497 e. The summed E-state index contributed by atoms with van der Waals surface area (Å²) in [4.78, 5) is 34.8. The summed E-state index contributed by atoms with van der Waals surface area (Å²) in [6.07, 6.45) is 1.39. The van der Waals surface area contributed by atoms with Gasteiger partial charge in [-0.1, -0.05) is 0 Å². The Morgan fingerprint density at radius 3 is 2.41 bits per heavy atom. The summed E-state index contributed by atoms with van der Waals surface area (Å²) in [6, 6.07) is 14.9. The quantitative estimate of drug-likeness (QED) is 0.116. The number of nitrogens with one attached hydrogen (secondary N) is 1. The third-order valence-corrected chi connectivity index (χ3v) is 5.30. The van der Waals surface area contributed by atoms with E-state index in [2.05, 4.69) is 26.5 Å². The lowest BCUT2D eigenvalue weighted by atomic mass is 10.2. The molecule has 0 aliphatic carbocycles. The molecule has 0 unspecified atom stereocenters. The second kappa shape index (κ2) is 13.0. The predicted molar refractivity (Wildman–Crippen MR) is 138 cm³/mol. The predicted octanol–water partition coefficient (Wildman–Crippen LogP) is 4.51. The minimum absolute atomic E-state index is 0.137. The second-order valence-corrected chi connectivity index (χ2v) is 8.07. The molecule has 0 aliphatic heterocycles. The molecule has 11 nitrogen and oxygen atoms in total. The molecule has 0 aromatic heterocycles. The van der Waals surface area contributed by atoms with Gasteiger partial charge in [0.25, 0.3) is 11.6 Å². The highest BCUT2D eigenvalue weighted by Gasteiger charge is 2.15. The Morgan fingerprint density at radius 1 is 1.03 bits per heavy atom. The summed E-state index contributed by atoms with van der Waals surface area (Å²) in [7, 11) is 1.55. The van der Waals surface area contributed by atoms with Gasteiger partial charge in [-0.25, -0.2) is 10.2 Å². The monoisotopic (exact) mass is 571 g/mol. The Morgan fingerprint density at radius 2 is 1.76 bits per heavy atom. The van der Waals surface area contributed by atoms with Crippen LogP contribution < -0.4 is 24.4 Å². The SMILES string of the molecule is CCOc1cc(/C=N/NC(=O)COc2ccc(OC)cc2Br)ccc1OC(=O)c1ccc([N+](=O)[O-])cc1. The highest BCUT2D eigenvalue weighted by Crippen LogP contribution is 2.30. The third-order valence-electron chi connectivity index (χ3n) is 4.68. The van der Waals surface area contributed by atoms with Crippen LogP contribution in [-0.4, -0.2) is 43.3 Å². The molecule has 0 fully saturated rings. The molecular formula is C25H22BrN3O8. The fraction of sp³-hybridized carbons (Fsp3) is 0.160. The molecule has 3 aromatic rings. The molecule has 0 atom stereocenters. The van der Waals surface area contributed by atoms with Crippen molar-refractivity contribution in [2.75, 3.05) is 20.3 Å². The highest BCUT2D eigenvalue weighted by molar-refractivity contribution is 9.10. The van der Waals surface area contributed by atoms with Crippen LogP contribution in [0.3, 0.4) is 0 Å². The molecule has 0 bridgehead atoms. The molecule has 0 aliphatic rings. The van der Waals surface area contributed by atoms with Crippen LogP contribution in [0.25, 0.3) is 0 Å². The van der Waals surface area contributed by atoms with Gasteiger partial charge in [-0.2, -0.15) is 5.10 Å². The van der Waals surface area contributed by atoms with Gasteiger partial charge in [0.2, 0.25) is 0 Å². The Kier molecular flexibility index (Phi) is 9.55. The zero-order valence-corrected chi connectivity index (χ0v) is 21.4. The zero-order chi connectivity index (χ0) is 26.8. The lowest BCUT2D eigenvalue weighted by Gasteiger charge is -2.11. The number of hydrogen-bond acceptors (Lipinski definition) is 9. The normalized spacial score (nSPS) is 10.6. The van der Waals surface area contributed by atoms with Gasteiger partial charge in [-0.3, -0.25) is 14.9 Å². The molecular weight excluding hydrogens is 550 g/mol. The number of ether oxygens (including phenoxy) is 4. The first-order chi connectivity index (χ1) is 17.8. The van der Waals surface area contributed by atoms with E-state index in [0.29, 0.717) is 28.1 Å². The average molecular weight is 572 g/mol. The molecule has 12 heteroatoms. The molecule has 192 valence electrons. The van der Waals surface area contributed by atoms with E-state index in [1.54, 1.807) is 44.4 Å². The number of halogens is 1. The van der Waals surface area contributed by atoms with Crippen molar-refractivity contribution in [1.82, 2.24) is 5.43 Å². The Balaban J connectivity index is 1.59. The second-order valence-electron chi connectivity index (χ2n) is 7.21. The van der Waals surface area contributed by atoms with Crippen molar-refractivity contribution in [2.45, 2.75) is 6.92 Å². The maximum atomic E-state index is 12.5. The van der Waals surface area contributed by atoms with Crippen molar-refractivity contribution in [2.24, 2.45) is 5.10 Å². The summed E-state index contributed by atoms with van der Waals surface area (Å²) >= 11 is 3.35. The highest BCUT2D eigenvalue weighted by atomic mass is 79.9. The van der Waals surface area contributed by atoms with E-state index in [0.717, 1.165) is 0 Å². The number of hydrogen-bond donors (Lipinski definition) is 1. The van der Waals surface area contributed by atoms with Crippen LogP contribution in [0.1, 0.15) is 22.8 Å². The molecule has 0 saturated carbocycles. The number of rotatable bonds is 11. The maximum Gasteiger partial charge on any atom is 0.343 e. The van der Waals surface area contributed by atoms with E-state index in [1.807, 2.05) is 0 Å². The van der Waals surface area contributed by atoms with E-state index in [-0.39, 0.29) is 29.4 Å². The number of benzene rings is 3. The Hall–Kier alpha value is -4.45. The number of non-ortho nitro benzene ring substituents is 1. The van der Waals surface area contributed by atoms with E-state index >= 15 is 0 Å². The van der Waals surface area contributed by atoms with Gasteiger partial charge in [0, 0.05) is 12.1 Å². The Labute approximate surface area is 220 Å². The van der Waals surface area contributed by atoms with E-state index < -0.39 is 16.8 Å². The lowest BCUT2D eigenvalue weighted by Crippen LogP contribution is -2.24. The van der Waals surface area contributed by atoms with Crippen molar-refractivity contribution >= 4 is 39.7 Å². The van der Waals surface area contributed by atoms with Gasteiger partial charge in [0.1, 0.15) is 11.5 Å². The first-order valence-electron chi connectivity index (χ1n) is 10.8. The summed E-state index contributed by atoms with van der Waals surface area (Å²) in [5, 5.41) is 14.7. The van der Waals surface area contributed by atoms with Gasteiger partial charge >= 0.3 is 5.97 Å². The van der Waals surface area contributed by atoms with Crippen molar-refractivity contribution in [3.05, 3.63) is 86.4 Å². The van der Waals surface area contributed by atoms with Crippen LogP contribution in [0.5, 0.6) is 23.0 Å². The summed E-state index contributed by atoms with van der Waals surface area (Å²) < 4.78 is 22.2. The number of methoxy groups -OCH3 is 1. The van der Waals surface area contributed by atoms with E-state index in [9.17, 15) is 19.7 Å². The number of hydrazone groups is 1. The number of carbonyl (C=O) groups is 2. The molecule has 0 radical (unpaired) electrons. The van der Waals surface area contributed by atoms with E-state index in [1.165, 1.54) is 36.5 Å². The molecule has 1 N–H and O–H groups in total. The topological polar surface area (TPSA) is 139 Å². The lowest BCUT2D eigenvalue weighted by molar-refractivity contribution is -0.384. The standard InChI is InChI=1S/C25H22BrN3O8/c1-3-35-23-12-16(4-10-22(23)37-25(31)17-5-7-18(8-6-17)29(32)33)14-27-28-24(30)15-36-21-11-9-19(34-2)13-20(21)26/h4-14H,3,15H2,1-2H3,(H,28,30)/b27-14+. The van der Waals surface area contributed by atoms with Gasteiger partial charge in [0.05, 0.1) is 34.9 Å². The van der Waals surface area contributed by atoms with Gasteiger partial charge < -0.3 is 18.9 Å². The molecule has 3 aromatic carbocycles. The van der Waals surface area contributed by atoms with Gasteiger partial charge in [0.15, 0.2) is 18.1 Å². The van der Waals surface area contributed by atoms with Gasteiger partial charge in [-0.15, -0.1) is 0 Å². The molecule has 1 amide bonds. The fourth-order valence-corrected chi connectivity index (χ4v) is 3.39. The Bertz CT molecular complexity index is 1310. The van der Waals surface area contributed by atoms with E-state index in [4.69, 9.17) is 18.9 Å². The first-order valence-corrected chi connectivity index (χ1v) is 11.6. The third kappa shape index (κ3) is 7.77. The van der Waals surface area contributed by atoms with Crippen LogP contribution in [0.4, 0.5) is 5.69 Å². The van der Waals surface area contributed by atoms with Crippen LogP contribution in [0.2, 0.25) is 0 Å². The molecule has 0 spiro atoms. The van der Waals surface area contributed by atoms with Gasteiger partial charge in [-0.05, 0) is 76.9 Å². The van der Waals surface area contributed by atoms with Crippen molar-refractivity contribution in [3.63, 3.8) is 0 Å². The van der Waals surface area contributed by atoms with Crippen LogP contribution in [0.15, 0.2) is 70.2 Å². The minimum atomic E-state index is -0.701. The first kappa shape index (κ1) is 27.1. The van der Waals surface area contributed by atoms with Crippen molar-refractivity contribution in [3.8, 4) is 23.0 Å². The largest absolute Gasteiger partial charge is 0.497 e. The number of nitro benzene ring substituents is 1. The van der Waals surface area contributed by atoms with Crippen LogP contribution in [-0.2, 0) is 4.79 Å². The summed E-state index contributed by atoms with van der Waals surface area (Å²) in [5.41, 5.74) is 2.94. The smallest absolute Gasteiger partial charge is 0.343 e. The van der Waals surface area contributed by atoms with Crippen LogP contribution in [0, 0.1) is 10.1 Å². The number of amides is 1. The number of carbonyl (C=O) groups excluding carboxylic acids is 2.